The third-order valence-corrected chi connectivity index (χ3v) is 7.63. The molecule has 15 nitrogen and oxygen atoms in total. The second kappa shape index (κ2) is 7.70. The largest absolute Gasteiger partial charge is 0.449 e. The first-order valence-electron chi connectivity index (χ1n) is 12.2. The molecule has 6 rings (SSSR count). The molecular formula is C23H29N8O7+. The molecule has 5 heterocycles. The number of amides is 3. The summed E-state index contributed by atoms with van der Waals surface area (Å²) in [7, 11) is 0. The van der Waals surface area contributed by atoms with E-state index in [1.807, 2.05) is 0 Å². The minimum absolute atomic E-state index is 0.0334. The number of aliphatic imine (C=N–C) groups is 1. The van der Waals surface area contributed by atoms with Crippen molar-refractivity contribution in [3.63, 3.8) is 0 Å². The fourth-order valence-electron chi connectivity index (χ4n) is 5.98. The standard InChI is InChI=1S/C23H28N8O7/c1-21(2)37-12-5-3-4-10(16(12)38-21)18(34)27-13-9-31-20(25)26-11(8-30-14(32)6-7-15(30)33)17-22(31,23(13,35)36)29-19(24)28-17/h3-5,11,13,17,35-36H,6-9H2,1-2H3,(H6,24,25,26,27,28,29,34)/p+1/t11-,13?,17-,22-/m0/s1. The van der Waals surface area contributed by atoms with Gasteiger partial charge in [0, 0.05) is 26.7 Å². The van der Waals surface area contributed by atoms with E-state index in [1.54, 1.807) is 26.0 Å². The Morgan fingerprint density at radius 3 is 2.66 bits per heavy atom. The molecule has 0 aliphatic carbocycles. The highest BCUT2D eigenvalue weighted by molar-refractivity contribution is 6.02. The van der Waals surface area contributed by atoms with Crippen LogP contribution in [0.15, 0.2) is 23.2 Å². The Morgan fingerprint density at radius 1 is 1.24 bits per heavy atom. The predicted octanol–water partition coefficient (Wildman–Crippen LogP) is -3.58. The fraction of sp³-hybridized carbons (Fsp3) is 0.522. The number of nitrogens with one attached hydrogen (secondary N) is 3. The minimum atomic E-state index is -2.66. The van der Waals surface area contributed by atoms with Gasteiger partial charge in [0.15, 0.2) is 17.5 Å². The van der Waals surface area contributed by atoms with Gasteiger partial charge in [-0.2, -0.15) is 0 Å². The van der Waals surface area contributed by atoms with Crippen LogP contribution in [0.25, 0.3) is 0 Å². The molecule has 3 amide bonds. The lowest BCUT2D eigenvalue weighted by atomic mass is 9.85. The molecule has 38 heavy (non-hydrogen) atoms. The number of likely N-dealkylation sites (tertiary alicyclic amines) is 1. The second-order valence-electron chi connectivity index (χ2n) is 10.5. The number of benzene rings is 1. The number of rotatable bonds is 4. The van der Waals surface area contributed by atoms with E-state index in [1.165, 1.54) is 10.6 Å². The van der Waals surface area contributed by atoms with Gasteiger partial charge in [-0.15, -0.1) is 0 Å². The molecule has 2 saturated heterocycles. The minimum Gasteiger partial charge on any atom is -0.449 e. The van der Waals surface area contributed by atoms with E-state index in [0.717, 1.165) is 4.90 Å². The molecule has 1 aromatic rings. The van der Waals surface area contributed by atoms with E-state index in [-0.39, 0.29) is 61.0 Å². The number of imide groups is 1. The average Bonchev–Trinajstić information content (AvgIpc) is 3.52. The van der Waals surface area contributed by atoms with Crippen LogP contribution in [0.1, 0.15) is 37.0 Å². The summed E-state index contributed by atoms with van der Waals surface area (Å²) < 4.78 is 12.9. The molecule has 2 fully saturated rings. The highest BCUT2D eigenvalue weighted by Crippen LogP contribution is 2.44. The molecule has 9 N–H and O–H groups in total. The molecule has 1 spiro atoms. The maximum atomic E-state index is 13.4. The summed E-state index contributed by atoms with van der Waals surface area (Å²) in [6.07, 6.45) is 0.201. The summed E-state index contributed by atoms with van der Waals surface area (Å²) in [6.45, 7) is 3.18. The molecule has 5 aliphatic rings. The summed E-state index contributed by atoms with van der Waals surface area (Å²) in [5.74, 6) is -4.36. The van der Waals surface area contributed by atoms with E-state index < -0.39 is 41.3 Å². The van der Waals surface area contributed by atoms with Gasteiger partial charge in [0.1, 0.15) is 18.1 Å². The van der Waals surface area contributed by atoms with Crippen molar-refractivity contribution in [3.05, 3.63) is 23.8 Å². The molecule has 0 aromatic heterocycles. The van der Waals surface area contributed by atoms with Crippen LogP contribution in [0.5, 0.6) is 11.5 Å². The van der Waals surface area contributed by atoms with Crippen molar-refractivity contribution in [1.82, 2.24) is 20.9 Å². The van der Waals surface area contributed by atoms with E-state index >= 15 is 0 Å². The van der Waals surface area contributed by atoms with Gasteiger partial charge < -0.3 is 36.1 Å². The number of carbonyl (C=O) groups excluding carboxylic acids is 3. The van der Waals surface area contributed by atoms with Crippen molar-refractivity contribution >= 4 is 29.6 Å². The molecule has 202 valence electrons. The quantitative estimate of drug-likeness (QED) is 0.115. The third-order valence-electron chi connectivity index (χ3n) is 7.63. The first kappa shape index (κ1) is 24.2. The van der Waals surface area contributed by atoms with E-state index in [9.17, 15) is 24.6 Å². The number of carbonyl (C=O) groups is 3. The monoisotopic (exact) mass is 529 g/mol. The zero-order valence-electron chi connectivity index (χ0n) is 20.7. The Hall–Kier alpha value is -4.11. The van der Waals surface area contributed by atoms with Crippen molar-refractivity contribution in [2.45, 2.75) is 62.1 Å². The molecule has 0 saturated carbocycles. The first-order chi connectivity index (χ1) is 17.8. The van der Waals surface area contributed by atoms with Crippen LogP contribution in [-0.2, 0) is 9.59 Å². The molecule has 4 atom stereocenters. The van der Waals surface area contributed by atoms with Crippen LogP contribution in [0, 0.1) is 0 Å². The molecule has 0 bridgehead atoms. The van der Waals surface area contributed by atoms with Gasteiger partial charge in [-0.3, -0.25) is 30.3 Å². The lowest BCUT2D eigenvalue weighted by Gasteiger charge is -2.44. The average molecular weight is 530 g/mol. The number of nitrogens with two attached hydrogens (primary N) is 2. The van der Waals surface area contributed by atoms with Crippen molar-refractivity contribution in [1.29, 1.82) is 0 Å². The predicted molar refractivity (Wildman–Crippen MR) is 129 cm³/mol. The van der Waals surface area contributed by atoms with Gasteiger partial charge in [0.25, 0.3) is 5.91 Å². The number of para-hydroxylation sites is 1. The van der Waals surface area contributed by atoms with Crippen LogP contribution in [-0.4, -0.2) is 97.8 Å². The molecule has 1 unspecified atom stereocenters. The number of ether oxygens (including phenoxy) is 2. The lowest BCUT2D eigenvalue weighted by molar-refractivity contribution is -0.623. The molecule has 1 aromatic carbocycles. The van der Waals surface area contributed by atoms with Gasteiger partial charge in [-0.25, -0.2) is 9.57 Å². The Bertz CT molecular complexity index is 1320. The Balaban J connectivity index is 1.31. The molecular weight excluding hydrogens is 500 g/mol. The molecule has 15 heteroatoms. The van der Waals surface area contributed by atoms with Gasteiger partial charge >= 0.3 is 5.96 Å². The van der Waals surface area contributed by atoms with Crippen molar-refractivity contribution in [3.8, 4) is 11.5 Å². The summed E-state index contributed by atoms with van der Waals surface area (Å²) in [4.78, 5) is 43.4. The molecule has 5 aliphatic heterocycles. The maximum absolute atomic E-state index is 13.4. The highest BCUT2D eigenvalue weighted by Gasteiger charge is 2.75. The molecule has 0 radical (unpaired) electrons. The van der Waals surface area contributed by atoms with E-state index in [4.69, 9.17) is 20.9 Å². The smallest absolute Gasteiger partial charge is 0.346 e. The first-order valence-corrected chi connectivity index (χ1v) is 12.2. The SMILES string of the molecule is CC1(C)Oc2cccc(C(=O)NC3C[N+]4=C(N)N[C@@H](CN5C(=O)CCC5=O)[C@@H]5N=C(N)N[C@@]54C3(O)O)c2O1. The van der Waals surface area contributed by atoms with Crippen molar-refractivity contribution < 1.29 is 38.6 Å². The number of hydrogen-bond donors (Lipinski definition) is 7. The van der Waals surface area contributed by atoms with Crippen molar-refractivity contribution in [2.75, 3.05) is 13.1 Å². The topological polar surface area (TPSA) is 217 Å². The van der Waals surface area contributed by atoms with E-state index in [0.29, 0.717) is 5.75 Å². The number of fused-ring (bicyclic) bond motifs is 1. The van der Waals surface area contributed by atoms with E-state index in [2.05, 4.69) is 20.9 Å². The number of guanidine groups is 2. The van der Waals surface area contributed by atoms with Crippen LogP contribution >= 0.6 is 0 Å². The fourth-order valence-corrected chi connectivity index (χ4v) is 5.98. The van der Waals surface area contributed by atoms with Gasteiger partial charge in [-0.1, -0.05) is 6.07 Å². The van der Waals surface area contributed by atoms with Gasteiger partial charge in [0.2, 0.25) is 29.1 Å². The summed E-state index contributed by atoms with van der Waals surface area (Å²) >= 11 is 0. The van der Waals surface area contributed by atoms with Crippen molar-refractivity contribution in [2.24, 2.45) is 16.5 Å². The number of aliphatic hydroxyl groups is 2. The summed E-state index contributed by atoms with van der Waals surface area (Å²) in [5.41, 5.74) is 10.7. The summed E-state index contributed by atoms with van der Waals surface area (Å²) in [5, 5.41) is 31.8. The lowest BCUT2D eigenvalue weighted by Crippen LogP contribution is -2.79. The van der Waals surface area contributed by atoms with Crippen LogP contribution in [0.2, 0.25) is 0 Å². The Kier molecular flexibility index (Phi) is 4.91. The van der Waals surface area contributed by atoms with Crippen LogP contribution in [0.4, 0.5) is 0 Å². The van der Waals surface area contributed by atoms with Crippen LogP contribution in [0.3, 0.4) is 0 Å². The van der Waals surface area contributed by atoms with Gasteiger partial charge in [-0.05, 0) is 12.1 Å². The Morgan fingerprint density at radius 2 is 1.95 bits per heavy atom. The highest BCUT2D eigenvalue weighted by atomic mass is 16.7. The number of hydrogen-bond acceptors (Lipinski definition) is 12. The maximum Gasteiger partial charge on any atom is 0.346 e. The number of nitrogens with zero attached hydrogens (tertiary/aromatic N) is 3. The zero-order chi connectivity index (χ0) is 27.2. The second-order valence-corrected chi connectivity index (χ2v) is 10.5. The van der Waals surface area contributed by atoms with Crippen LogP contribution < -0.4 is 36.9 Å². The zero-order valence-corrected chi connectivity index (χ0v) is 20.7. The third kappa shape index (κ3) is 3.24. The normalized spacial score (nSPS) is 31.9. The van der Waals surface area contributed by atoms with Gasteiger partial charge in [0.05, 0.1) is 18.7 Å². The summed E-state index contributed by atoms with van der Waals surface area (Å²) in [6, 6.07) is 1.78. The Labute approximate surface area is 216 Å².